The Morgan fingerprint density at radius 3 is 2.44 bits per heavy atom. The molecule has 3 amide bonds. The van der Waals surface area contributed by atoms with E-state index < -0.39 is 11.6 Å². The van der Waals surface area contributed by atoms with Crippen molar-refractivity contribution >= 4 is 29.3 Å². The first-order valence-electron chi connectivity index (χ1n) is 8.34. The Labute approximate surface area is 162 Å². The summed E-state index contributed by atoms with van der Waals surface area (Å²) in [5.41, 5.74) is 0.511. The molecule has 7 heteroatoms. The van der Waals surface area contributed by atoms with Gasteiger partial charge < -0.3 is 10.1 Å². The number of ketones is 1. The monoisotopic (exact) mass is 386 g/mol. The van der Waals surface area contributed by atoms with Crippen LogP contribution in [0.3, 0.4) is 0 Å². The van der Waals surface area contributed by atoms with Gasteiger partial charge in [-0.05, 0) is 49.7 Å². The van der Waals surface area contributed by atoms with Crippen molar-refractivity contribution in [2.75, 3.05) is 7.11 Å². The third-order valence-electron chi connectivity index (χ3n) is 4.71. The van der Waals surface area contributed by atoms with Crippen molar-refractivity contribution in [3.05, 3.63) is 64.2 Å². The second-order valence-corrected chi connectivity index (χ2v) is 6.97. The van der Waals surface area contributed by atoms with E-state index in [2.05, 4.69) is 5.32 Å². The predicted molar refractivity (Wildman–Crippen MR) is 101 cm³/mol. The molecule has 2 aromatic carbocycles. The van der Waals surface area contributed by atoms with Crippen LogP contribution in [0, 0.1) is 0 Å². The van der Waals surface area contributed by atoms with Gasteiger partial charge in [0.25, 0.3) is 5.91 Å². The number of methoxy groups -OCH3 is 1. The molecule has 1 aliphatic rings. The van der Waals surface area contributed by atoms with Gasteiger partial charge in [-0.25, -0.2) is 4.79 Å². The lowest BCUT2D eigenvalue weighted by atomic mass is 9.92. The van der Waals surface area contributed by atoms with Gasteiger partial charge in [0, 0.05) is 16.1 Å². The van der Waals surface area contributed by atoms with Crippen molar-refractivity contribution in [2.45, 2.75) is 25.9 Å². The normalized spacial score (nSPS) is 19.2. The molecule has 0 bridgehead atoms. The number of carbonyl (C=O) groups excluding carboxylic acids is 3. The molecule has 3 rings (SSSR count). The second-order valence-electron chi connectivity index (χ2n) is 6.54. The number of nitrogens with one attached hydrogen (secondary N) is 1. The second kappa shape index (κ2) is 7.04. The minimum atomic E-state index is -1.19. The summed E-state index contributed by atoms with van der Waals surface area (Å²) < 4.78 is 5.31. The van der Waals surface area contributed by atoms with Crippen LogP contribution in [0.4, 0.5) is 4.79 Å². The highest BCUT2D eigenvalue weighted by atomic mass is 35.5. The molecule has 1 atom stereocenters. The first kappa shape index (κ1) is 18.9. The van der Waals surface area contributed by atoms with Crippen LogP contribution in [0.25, 0.3) is 0 Å². The Morgan fingerprint density at radius 2 is 1.85 bits per heavy atom. The topological polar surface area (TPSA) is 75.7 Å². The Balaban J connectivity index is 1.93. The van der Waals surface area contributed by atoms with Crippen molar-refractivity contribution in [1.29, 1.82) is 0 Å². The molecule has 0 saturated carbocycles. The quantitative estimate of drug-likeness (QED) is 0.630. The SMILES string of the molecule is COc1ccc(C(C)=O)cc1CN1C(=O)NC(C)(c2ccc(Cl)cc2)C1=O. The average Bonchev–Trinajstić information content (AvgIpc) is 2.86. The molecular formula is C20H19ClN2O4. The van der Waals surface area contributed by atoms with Crippen molar-refractivity contribution < 1.29 is 19.1 Å². The number of ether oxygens (including phenoxy) is 1. The molecule has 1 saturated heterocycles. The molecule has 1 heterocycles. The molecule has 1 N–H and O–H groups in total. The maximum atomic E-state index is 13.0. The molecule has 140 valence electrons. The van der Waals surface area contributed by atoms with Gasteiger partial charge in [0.2, 0.25) is 0 Å². The summed E-state index contributed by atoms with van der Waals surface area (Å²) in [5, 5.41) is 3.29. The van der Waals surface area contributed by atoms with Crippen LogP contribution in [0.2, 0.25) is 5.02 Å². The van der Waals surface area contributed by atoms with E-state index in [9.17, 15) is 14.4 Å². The highest BCUT2D eigenvalue weighted by molar-refractivity contribution is 6.30. The highest BCUT2D eigenvalue weighted by Gasteiger charge is 2.49. The maximum Gasteiger partial charge on any atom is 0.325 e. The number of carbonyl (C=O) groups is 3. The third kappa shape index (κ3) is 3.40. The number of amides is 3. The fourth-order valence-corrected chi connectivity index (χ4v) is 3.24. The summed E-state index contributed by atoms with van der Waals surface area (Å²) in [6, 6.07) is 11.2. The Morgan fingerprint density at radius 1 is 1.19 bits per heavy atom. The molecule has 1 unspecified atom stereocenters. The zero-order valence-corrected chi connectivity index (χ0v) is 16.0. The van der Waals surface area contributed by atoms with Gasteiger partial charge in [0.1, 0.15) is 11.3 Å². The van der Waals surface area contributed by atoms with E-state index in [0.717, 1.165) is 4.90 Å². The zero-order chi connectivity index (χ0) is 19.8. The van der Waals surface area contributed by atoms with Crippen molar-refractivity contribution in [3.63, 3.8) is 0 Å². The van der Waals surface area contributed by atoms with Gasteiger partial charge in [-0.1, -0.05) is 23.7 Å². The fraction of sp³-hybridized carbons (Fsp3) is 0.250. The standard InChI is InChI=1S/C20H19ClN2O4/c1-12(24)13-4-9-17(27-3)14(10-13)11-23-18(25)20(2,22-19(23)26)15-5-7-16(21)8-6-15/h4-10H,11H2,1-3H3,(H,22,26). The number of hydrogen-bond donors (Lipinski definition) is 1. The van der Waals surface area contributed by atoms with E-state index in [4.69, 9.17) is 16.3 Å². The van der Waals surface area contributed by atoms with Crippen molar-refractivity contribution in [3.8, 4) is 5.75 Å². The van der Waals surface area contributed by atoms with Crippen LogP contribution in [-0.2, 0) is 16.9 Å². The zero-order valence-electron chi connectivity index (χ0n) is 15.2. The average molecular weight is 387 g/mol. The summed E-state index contributed by atoms with van der Waals surface area (Å²) >= 11 is 5.91. The van der Waals surface area contributed by atoms with E-state index >= 15 is 0 Å². The van der Waals surface area contributed by atoms with Crippen LogP contribution in [0.5, 0.6) is 5.75 Å². The van der Waals surface area contributed by atoms with Gasteiger partial charge in [0.05, 0.1) is 13.7 Å². The van der Waals surface area contributed by atoms with E-state index in [1.807, 2.05) is 0 Å². The van der Waals surface area contributed by atoms with E-state index in [1.165, 1.54) is 14.0 Å². The minimum Gasteiger partial charge on any atom is -0.496 e. The summed E-state index contributed by atoms with van der Waals surface area (Å²) in [7, 11) is 1.50. The largest absolute Gasteiger partial charge is 0.496 e. The number of benzene rings is 2. The number of rotatable bonds is 5. The number of hydrogen-bond acceptors (Lipinski definition) is 4. The molecular weight excluding hydrogens is 368 g/mol. The van der Waals surface area contributed by atoms with Crippen molar-refractivity contribution in [2.24, 2.45) is 0 Å². The molecule has 0 aliphatic carbocycles. The summed E-state index contributed by atoms with van der Waals surface area (Å²) in [6.45, 7) is 3.11. The molecule has 1 aliphatic heterocycles. The first-order chi connectivity index (χ1) is 12.8. The number of Topliss-reactive ketones (excluding diaryl/α,β-unsaturated/α-hetero) is 1. The number of nitrogens with zero attached hydrogens (tertiary/aromatic N) is 1. The van der Waals surface area contributed by atoms with Gasteiger partial charge in [-0.3, -0.25) is 14.5 Å². The summed E-state index contributed by atoms with van der Waals surface area (Å²) in [4.78, 5) is 38.4. The first-order valence-corrected chi connectivity index (χ1v) is 8.72. The molecule has 0 spiro atoms. The lowest BCUT2D eigenvalue weighted by Gasteiger charge is -2.22. The Bertz CT molecular complexity index is 926. The van der Waals surface area contributed by atoms with Crippen LogP contribution in [0.1, 0.15) is 35.3 Å². The highest BCUT2D eigenvalue weighted by Crippen LogP contribution is 2.32. The summed E-state index contributed by atoms with van der Waals surface area (Å²) in [5.74, 6) is 0.00732. The van der Waals surface area contributed by atoms with Gasteiger partial charge in [-0.2, -0.15) is 0 Å². The van der Waals surface area contributed by atoms with E-state index in [1.54, 1.807) is 49.4 Å². The van der Waals surface area contributed by atoms with Crippen LogP contribution in [0.15, 0.2) is 42.5 Å². The van der Waals surface area contributed by atoms with E-state index in [0.29, 0.717) is 27.5 Å². The fourth-order valence-electron chi connectivity index (χ4n) is 3.11. The Kier molecular flexibility index (Phi) is 4.93. The molecule has 27 heavy (non-hydrogen) atoms. The van der Waals surface area contributed by atoms with Crippen molar-refractivity contribution in [1.82, 2.24) is 10.2 Å². The Hall–Kier alpha value is -2.86. The lowest BCUT2D eigenvalue weighted by Crippen LogP contribution is -2.40. The summed E-state index contributed by atoms with van der Waals surface area (Å²) in [6.07, 6.45) is 0. The number of imide groups is 1. The van der Waals surface area contributed by atoms with Crippen LogP contribution >= 0.6 is 11.6 Å². The molecule has 0 radical (unpaired) electrons. The number of urea groups is 1. The van der Waals surface area contributed by atoms with Crippen LogP contribution in [-0.4, -0.2) is 29.7 Å². The smallest absolute Gasteiger partial charge is 0.325 e. The number of halogens is 1. The molecule has 0 aromatic heterocycles. The molecule has 2 aromatic rings. The van der Waals surface area contributed by atoms with Gasteiger partial charge in [-0.15, -0.1) is 0 Å². The maximum absolute atomic E-state index is 13.0. The molecule has 6 nitrogen and oxygen atoms in total. The predicted octanol–water partition coefficient (Wildman–Crippen LogP) is 3.52. The molecule has 1 fully saturated rings. The minimum absolute atomic E-state index is 0.00185. The lowest BCUT2D eigenvalue weighted by molar-refractivity contribution is -0.131. The van der Waals surface area contributed by atoms with Gasteiger partial charge in [0.15, 0.2) is 5.78 Å². The third-order valence-corrected chi connectivity index (χ3v) is 4.96. The van der Waals surface area contributed by atoms with E-state index in [-0.39, 0.29) is 18.2 Å². The van der Waals surface area contributed by atoms with Gasteiger partial charge >= 0.3 is 6.03 Å². The van der Waals surface area contributed by atoms with Crippen LogP contribution < -0.4 is 10.1 Å².